The SMILES string of the molecule is CCC(C)(C)c1cc(C(=O)OC2CCCCC2)cc(C(C)(C)CC)c1O. The summed E-state index contributed by atoms with van der Waals surface area (Å²) in [5.74, 6) is 0.0797. The Morgan fingerprint density at radius 3 is 1.88 bits per heavy atom. The second kappa shape index (κ2) is 8.02. The molecule has 0 aliphatic heterocycles. The molecule has 0 aromatic heterocycles. The van der Waals surface area contributed by atoms with Gasteiger partial charge in [0.2, 0.25) is 0 Å². The quantitative estimate of drug-likeness (QED) is 0.609. The van der Waals surface area contributed by atoms with Crippen LogP contribution in [-0.4, -0.2) is 17.2 Å². The van der Waals surface area contributed by atoms with E-state index in [0.29, 0.717) is 11.3 Å². The van der Waals surface area contributed by atoms with Crippen LogP contribution in [0.3, 0.4) is 0 Å². The second-order valence-corrected chi connectivity index (χ2v) is 9.06. The van der Waals surface area contributed by atoms with Gasteiger partial charge in [-0.1, -0.05) is 48.0 Å². The number of hydrogen-bond acceptors (Lipinski definition) is 3. The zero-order valence-electron chi connectivity index (χ0n) is 17.4. The lowest BCUT2D eigenvalue weighted by atomic mass is 9.75. The number of ether oxygens (including phenoxy) is 1. The number of carbonyl (C=O) groups excluding carboxylic acids is 1. The third-order valence-electron chi connectivity index (χ3n) is 6.40. The van der Waals surface area contributed by atoms with Crippen LogP contribution in [0.4, 0.5) is 0 Å². The van der Waals surface area contributed by atoms with Crippen molar-refractivity contribution in [1.82, 2.24) is 0 Å². The normalized spacial score (nSPS) is 16.5. The largest absolute Gasteiger partial charge is 0.507 e. The maximum Gasteiger partial charge on any atom is 0.338 e. The molecule has 1 aliphatic carbocycles. The average Bonchev–Trinajstić information content (AvgIpc) is 2.62. The van der Waals surface area contributed by atoms with E-state index in [-0.39, 0.29) is 22.9 Å². The number of hydrogen-bond donors (Lipinski definition) is 1. The fourth-order valence-corrected chi connectivity index (χ4v) is 3.57. The van der Waals surface area contributed by atoms with Crippen LogP contribution in [0.2, 0.25) is 0 Å². The highest BCUT2D eigenvalue weighted by Crippen LogP contribution is 2.42. The van der Waals surface area contributed by atoms with Crippen molar-refractivity contribution in [3.05, 3.63) is 28.8 Å². The molecule has 1 aromatic carbocycles. The molecule has 1 saturated carbocycles. The standard InChI is InChI=1S/C23H36O3/c1-7-22(3,4)18-14-16(15-19(20(18)24)23(5,6)8-2)21(25)26-17-12-10-9-11-13-17/h14-15,17,24H,7-13H2,1-6H3. The van der Waals surface area contributed by atoms with Gasteiger partial charge < -0.3 is 9.84 Å². The van der Waals surface area contributed by atoms with Crippen molar-refractivity contribution in [2.24, 2.45) is 0 Å². The van der Waals surface area contributed by atoms with E-state index >= 15 is 0 Å². The van der Waals surface area contributed by atoms with Gasteiger partial charge in [-0.25, -0.2) is 4.79 Å². The summed E-state index contributed by atoms with van der Waals surface area (Å²) < 4.78 is 5.80. The van der Waals surface area contributed by atoms with Crippen LogP contribution >= 0.6 is 0 Å². The molecule has 0 heterocycles. The van der Waals surface area contributed by atoms with Crippen LogP contribution in [0.25, 0.3) is 0 Å². The van der Waals surface area contributed by atoms with Crippen LogP contribution in [0.1, 0.15) is 108 Å². The molecule has 146 valence electrons. The van der Waals surface area contributed by atoms with Gasteiger partial charge in [0, 0.05) is 11.1 Å². The van der Waals surface area contributed by atoms with Crippen LogP contribution < -0.4 is 0 Å². The first-order valence-corrected chi connectivity index (χ1v) is 10.2. The molecule has 26 heavy (non-hydrogen) atoms. The highest BCUT2D eigenvalue weighted by atomic mass is 16.5. The molecule has 0 bridgehead atoms. The molecule has 1 fully saturated rings. The predicted octanol–water partition coefficient (Wildman–Crippen LogP) is 6.26. The molecule has 1 aromatic rings. The van der Waals surface area contributed by atoms with Gasteiger partial charge in [0.15, 0.2) is 0 Å². The van der Waals surface area contributed by atoms with E-state index in [1.165, 1.54) is 6.42 Å². The molecule has 0 radical (unpaired) electrons. The van der Waals surface area contributed by atoms with E-state index < -0.39 is 0 Å². The molecule has 0 saturated heterocycles. The first-order chi connectivity index (χ1) is 12.1. The Bertz CT molecular complexity index is 600. The van der Waals surface area contributed by atoms with E-state index in [9.17, 15) is 9.90 Å². The van der Waals surface area contributed by atoms with E-state index in [1.54, 1.807) is 0 Å². The molecular weight excluding hydrogens is 324 g/mol. The number of esters is 1. The van der Waals surface area contributed by atoms with Crippen LogP contribution in [0, 0.1) is 0 Å². The highest BCUT2D eigenvalue weighted by molar-refractivity contribution is 5.90. The molecule has 1 N–H and O–H groups in total. The Labute approximate surface area is 159 Å². The second-order valence-electron chi connectivity index (χ2n) is 9.06. The summed E-state index contributed by atoms with van der Waals surface area (Å²) in [4.78, 5) is 12.9. The Hall–Kier alpha value is -1.51. The van der Waals surface area contributed by atoms with Crippen molar-refractivity contribution in [2.75, 3.05) is 0 Å². The van der Waals surface area contributed by atoms with Gasteiger partial charge in [0.1, 0.15) is 11.9 Å². The number of phenolic OH excluding ortho intramolecular Hbond substituents is 1. The number of rotatable bonds is 6. The molecule has 0 spiro atoms. The third-order valence-corrected chi connectivity index (χ3v) is 6.40. The van der Waals surface area contributed by atoms with Gasteiger partial charge >= 0.3 is 5.97 Å². The van der Waals surface area contributed by atoms with Crippen molar-refractivity contribution in [3.8, 4) is 5.75 Å². The fourth-order valence-electron chi connectivity index (χ4n) is 3.57. The smallest absolute Gasteiger partial charge is 0.338 e. The van der Waals surface area contributed by atoms with E-state index in [4.69, 9.17) is 4.74 Å². The van der Waals surface area contributed by atoms with Gasteiger partial charge in [-0.05, 0) is 61.5 Å². The van der Waals surface area contributed by atoms with E-state index in [1.807, 2.05) is 12.1 Å². The third kappa shape index (κ3) is 4.42. The van der Waals surface area contributed by atoms with Crippen molar-refractivity contribution in [1.29, 1.82) is 0 Å². The monoisotopic (exact) mass is 360 g/mol. The number of carbonyl (C=O) groups is 1. The van der Waals surface area contributed by atoms with E-state index in [2.05, 4.69) is 41.5 Å². The minimum absolute atomic E-state index is 0.0373. The Morgan fingerprint density at radius 2 is 1.46 bits per heavy atom. The highest BCUT2D eigenvalue weighted by Gasteiger charge is 2.31. The number of phenols is 1. The topological polar surface area (TPSA) is 46.5 Å². The molecule has 0 unspecified atom stereocenters. The Balaban J connectivity index is 2.46. The minimum atomic E-state index is -0.252. The fraction of sp³-hybridized carbons (Fsp3) is 0.696. The minimum Gasteiger partial charge on any atom is -0.507 e. The van der Waals surface area contributed by atoms with Gasteiger partial charge in [-0.15, -0.1) is 0 Å². The van der Waals surface area contributed by atoms with Gasteiger partial charge in [-0.3, -0.25) is 0 Å². The summed E-state index contributed by atoms with van der Waals surface area (Å²) in [6.07, 6.45) is 7.23. The summed E-state index contributed by atoms with van der Waals surface area (Å²) in [5.41, 5.74) is 1.85. The summed E-state index contributed by atoms with van der Waals surface area (Å²) in [5, 5.41) is 11.0. The molecule has 3 nitrogen and oxygen atoms in total. The number of aromatic hydroxyl groups is 1. The van der Waals surface area contributed by atoms with Crippen LogP contribution in [-0.2, 0) is 15.6 Å². The lowest BCUT2D eigenvalue weighted by Gasteiger charge is -2.31. The van der Waals surface area contributed by atoms with Crippen LogP contribution in [0.15, 0.2) is 12.1 Å². The van der Waals surface area contributed by atoms with Crippen molar-refractivity contribution >= 4 is 5.97 Å². The first kappa shape index (κ1) is 20.8. The molecule has 0 amide bonds. The average molecular weight is 361 g/mol. The lowest BCUT2D eigenvalue weighted by molar-refractivity contribution is 0.0211. The zero-order chi connectivity index (χ0) is 19.5. The lowest BCUT2D eigenvalue weighted by Crippen LogP contribution is -2.24. The Kier molecular flexibility index (Phi) is 6.42. The van der Waals surface area contributed by atoms with Gasteiger partial charge in [-0.2, -0.15) is 0 Å². The summed E-state index contributed by atoms with van der Waals surface area (Å²) in [6, 6.07) is 3.69. The predicted molar refractivity (Wildman–Crippen MR) is 107 cm³/mol. The van der Waals surface area contributed by atoms with Gasteiger partial charge in [0.25, 0.3) is 0 Å². The summed E-state index contributed by atoms with van der Waals surface area (Å²) in [6.45, 7) is 12.7. The first-order valence-electron chi connectivity index (χ1n) is 10.2. The summed E-state index contributed by atoms with van der Waals surface area (Å²) in [7, 11) is 0. The Morgan fingerprint density at radius 1 is 1.00 bits per heavy atom. The molecule has 0 atom stereocenters. The maximum absolute atomic E-state index is 12.9. The zero-order valence-corrected chi connectivity index (χ0v) is 17.4. The van der Waals surface area contributed by atoms with Crippen LogP contribution in [0.5, 0.6) is 5.75 Å². The molecular formula is C23H36O3. The molecule has 3 heteroatoms. The van der Waals surface area contributed by atoms with E-state index in [0.717, 1.165) is 49.7 Å². The maximum atomic E-state index is 12.9. The number of benzene rings is 1. The summed E-state index contributed by atoms with van der Waals surface area (Å²) >= 11 is 0. The van der Waals surface area contributed by atoms with Gasteiger partial charge in [0.05, 0.1) is 5.56 Å². The van der Waals surface area contributed by atoms with Crippen molar-refractivity contribution in [2.45, 2.75) is 103 Å². The van der Waals surface area contributed by atoms with Crippen molar-refractivity contribution < 1.29 is 14.6 Å². The molecule has 1 aliphatic rings. The molecule has 2 rings (SSSR count). The van der Waals surface area contributed by atoms with Crippen molar-refractivity contribution in [3.63, 3.8) is 0 Å².